The van der Waals surface area contributed by atoms with Crippen molar-refractivity contribution in [1.29, 1.82) is 0 Å². The number of fused-ring (bicyclic) bond motifs is 3. The molecule has 0 aliphatic carbocycles. The number of hydrogen-bond acceptors (Lipinski definition) is 4. The number of nitrogens with zero attached hydrogens (tertiary/aromatic N) is 1. The maximum absolute atomic E-state index is 5.62. The SMILES string of the molecule is COc1cccc(C(c2ccccc2)[C@H]2[C@H](NCc3ccccc3OC)C3CCN2CC3)c1. The van der Waals surface area contributed by atoms with E-state index in [0.29, 0.717) is 18.0 Å². The van der Waals surface area contributed by atoms with Crippen LogP contribution in [-0.4, -0.2) is 44.3 Å². The Morgan fingerprint density at radius 3 is 2.33 bits per heavy atom. The maximum Gasteiger partial charge on any atom is 0.123 e. The molecule has 172 valence electrons. The van der Waals surface area contributed by atoms with Crippen LogP contribution < -0.4 is 14.8 Å². The molecule has 0 aromatic heterocycles. The number of benzene rings is 3. The van der Waals surface area contributed by atoms with Gasteiger partial charge in [-0.05, 0) is 61.2 Å². The average Bonchev–Trinajstić information content (AvgIpc) is 2.89. The lowest BCUT2D eigenvalue weighted by atomic mass is 9.70. The number of methoxy groups -OCH3 is 2. The van der Waals surface area contributed by atoms with E-state index < -0.39 is 0 Å². The minimum Gasteiger partial charge on any atom is -0.497 e. The largest absolute Gasteiger partial charge is 0.497 e. The molecule has 6 rings (SSSR count). The lowest BCUT2D eigenvalue weighted by Gasteiger charge is -2.54. The van der Waals surface area contributed by atoms with E-state index in [1.807, 2.05) is 18.2 Å². The molecule has 3 heterocycles. The highest BCUT2D eigenvalue weighted by Gasteiger charge is 2.46. The van der Waals surface area contributed by atoms with E-state index in [0.717, 1.165) is 18.0 Å². The number of nitrogens with one attached hydrogen (secondary N) is 1. The van der Waals surface area contributed by atoms with Crippen molar-refractivity contribution in [3.05, 3.63) is 95.6 Å². The summed E-state index contributed by atoms with van der Waals surface area (Å²) >= 11 is 0. The van der Waals surface area contributed by atoms with Gasteiger partial charge in [-0.25, -0.2) is 0 Å². The fourth-order valence-corrected chi connectivity index (χ4v) is 5.95. The average molecular weight is 443 g/mol. The summed E-state index contributed by atoms with van der Waals surface area (Å²) < 4.78 is 11.2. The van der Waals surface area contributed by atoms with Crippen molar-refractivity contribution in [1.82, 2.24) is 10.2 Å². The fourth-order valence-electron chi connectivity index (χ4n) is 5.95. The topological polar surface area (TPSA) is 33.7 Å². The van der Waals surface area contributed by atoms with Crippen LogP contribution in [0.2, 0.25) is 0 Å². The number of hydrogen-bond donors (Lipinski definition) is 1. The van der Waals surface area contributed by atoms with E-state index >= 15 is 0 Å². The molecule has 4 nitrogen and oxygen atoms in total. The molecule has 2 bridgehead atoms. The van der Waals surface area contributed by atoms with Crippen molar-refractivity contribution in [2.24, 2.45) is 5.92 Å². The summed E-state index contributed by atoms with van der Waals surface area (Å²) in [5.74, 6) is 2.84. The second kappa shape index (κ2) is 9.98. The Labute approximate surface area is 197 Å². The summed E-state index contributed by atoms with van der Waals surface area (Å²) in [7, 11) is 3.50. The van der Waals surface area contributed by atoms with E-state index in [1.54, 1.807) is 14.2 Å². The molecule has 3 aromatic rings. The third-order valence-corrected chi connectivity index (χ3v) is 7.55. The molecule has 3 fully saturated rings. The molecule has 1 N–H and O–H groups in total. The van der Waals surface area contributed by atoms with Gasteiger partial charge >= 0.3 is 0 Å². The fraction of sp³-hybridized carbons (Fsp3) is 0.379. The van der Waals surface area contributed by atoms with Gasteiger partial charge in [0.05, 0.1) is 14.2 Å². The molecule has 3 aromatic carbocycles. The van der Waals surface area contributed by atoms with Gasteiger partial charge < -0.3 is 14.8 Å². The molecule has 3 aliphatic heterocycles. The molecule has 0 amide bonds. The molecular formula is C29H34N2O2. The van der Waals surface area contributed by atoms with Gasteiger partial charge in [-0.15, -0.1) is 0 Å². The lowest BCUT2D eigenvalue weighted by Crippen LogP contribution is -2.64. The van der Waals surface area contributed by atoms with E-state index in [-0.39, 0.29) is 5.92 Å². The normalized spacial score (nSPS) is 24.9. The molecule has 1 unspecified atom stereocenters. The zero-order valence-corrected chi connectivity index (χ0v) is 19.6. The van der Waals surface area contributed by atoms with Gasteiger partial charge in [-0.2, -0.15) is 0 Å². The summed E-state index contributed by atoms with van der Waals surface area (Å²) in [5.41, 5.74) is 3.91. The first kappa shape index (κ1) is 22.0. The summed E-state index contributed by atoms with van der Waals surface area (Å²) in [6.07, 6.45) is 2.53. The summed E-state index contributed by atoms with van der Waals surface area (Å²) in [6, 6.07) is 28.8. The second-order valence-corrected chi connectivity index (χ2v) is 9.25. The minimum absolute atomic E-state index is 0.277. The van der Waals surface area contributed by atoms with Crippen LogP contribution in [0.4, 0.5) is 0 Å². The van der Waals surface area contributed by atoms with Gasteiger partial charge in [0.25, 0.3) is 0 Å². The molecule has 4 heteroatoms. The van der Waals surface area contributed by atoms with Gasteiger partial charge in [-0.1, -0.05) is 60.7 Å². The van der Waals surface area contributed by atoms with E-state index in [4.69, 9.17) is 9.47 Å². The predicted molar refractivity (Wildman–Crippen MR) is 133 cm³/mol. The summed E-state index contributed by atoms with van der Waals surface area (Å²) in [6.45, 7) is 3.17. The van der Waals surface area contributed by atoms with Gasteiger partial charge in [0.15, 0.2) is 0 Å². The lowest BCUT2D eigenvalue weighted by molar-refractivity contribution is 0.00460. The number of rotatable bonds is 8. The van der Waals surface area contributed by atoms with Crippen molar-refractivity contribution in [2.45, 2.75) is 37.4 Å². The van der Waals surface area contributed by atoms with Crippen molar-refractivity contribution < 1.29 is 9.47 Å². The predicted octanol–water partition coefficient (Wildman–Crippen LogP) is 5.09. The third-order valence-electron chi connectivity index (χ3n) is 7.55. The summed E-state index contributed by atoms with van der Waals surface area (Å²) in [4.78, 5) is 2.72. The van der Waals surface area contributed by atoms with Crippen LogP contribution in [0.25, 0.3) is 0 Å². The van der Waals surface area contributed by atoms with E-state index in [2.05, 4.69) is 70.9 Å². The van der Waals surface area contributed by atoms with Crippen LogP contribution in [0.5, 0.6) is 11.5 Å². The van der Waals surface area contributed by atoms with Crippen LogP contribution in [0, 0.1) is 5.92 Å². The Hall–Kier alpha value is -2.82. The van der Waals surface area contributed by atoms with Crippen LogP contribution >= 0.6 is 0 Å². The summed E-state index contributed by atoms with van der Waals surface area (Å²) in [5, 5.41) is 3.99. The molecule has 33 heavy (non-hydrogen) atoms. The van der Waals surface area contributed by atoms with Crippen molar-refractivity contribution in [3.63, 3.8) is 0 Å². The molecule has 3 aliphatic rings. The quantitative estimate of drug-likeness (QED) is 0.527. The first-order valence-corrected chi connectivity index (χ1v) is 12.1. The van der Waals surface area contributed by atoms with Gasteiger partial charge in [0, 0.05) is 30.1 Å². The monoisotopic (exact) mass is 442 g/mol. The van der Waals surface area contributed by atoms with Gasteiger partial charge in [0.2, 0.25) is 0 Å². The van der Waals surface area contributed by atoms with Crippen LogP contribution in [0.3, 0.4) is 0 Å². The second-order valence-electron chi connectivity index (χ2n) is 9.25. The zero-order chi connectivity index (χ0) is 22.6. The highest BCUT2D eigenvalue weighted by molar-refractivity contribution is 5.40. The number of para-hydroxylation sites is 1. The van der Waals surface area contributed by atoms with E-state index in [1.165, 1.54) is 42.6 Å². The van der Waals surface area contributed by atoms with Gasteiger partial charge in [-0.3, -0.25) is 4.90 Å². The highest BCUT2D eigenvalue weighted by Crippen LogP contribution is 2.42. The zero-order valence-electron chi connectivity index (χ0n) is 19.6. The van der Waals surface area contributed by atoms with Crippen molar-refractivity contribution in [3.8, 4) is 11.5 Å². The Kier molecular flexibility index (Phi) is 6.65. The van der Waals surface area contributed by atoms with Crippen molar-refractivity contribution in [2.75, 3.05) is 27.3 Å². The van der Waals surface area contributed by atoms with Crippen LogP contribution in [0.1, 0.15) is 35.4 Å². The van der Waals surface area contributed by atoms with Gasteiger partial charge in [0.1, 0.15) is 11.5 Å². The minimum atomic E-state index is 0.277. The Morgan fingerprint density at radius 2 is 1.58 bits per heavy atom. The molecule has 3 saturated heterocycles. The Balaban J connectivity index is 1.51. The first-order valence-electron chi connectivity index (χ1n) is 12.1. The maximum atomic E-state index is 5.62. The highest BCUT2D eigenvalue weighted by atomic mass is 16.5. The van der Waals surface area contributed by atoms with Crippen LogP contribution in [-0.2, 0) is 6.54 Å². The number of ether oxygens (including phenoxy) is 2. The molecule has 0 spiro atoms. The first-order chi connectivity index (χ1) is 16.3. The van der Waals surface area contributed by atoms with Crippen molar-refractivity contribution >= 4 is 0 Å². The molecular weight excluding hydrogens is 408 g/mol. The standard InChI is InChI=1S/C29H34N2O2/c1-32-25-13-8-12-23(19-25)27(21-9-4-3-5-10-21)29-28(22-15-17-31(29)18-16-22)30-20-24-11-6-7-14-26(24)33-2/h3-14,19,22,27-30H,15-18,20H2,1-2H3/t27?,28-,29+/m1/s1. The molecule has 0 saturated carbocycles. The Bertz CT molecular complexity index is 1050. The smallest absolute Gasteiger partial charge is 0.123 e. The molecule has 0 radical (unpaired) electrons. The van der Waals surface area contributed by atoms with Crippen LogP contribution in [0.15, 0.2) is 78.9 Å². The Morgan fingerprint density at radius 1 is 0.848 bits per heavy atom. The van der Waals surface area contributed by atoms with E-state index in [9.17, 15) is 0 Å². The third kappa shape index (κ3) is 4.50. The number of piperidine rings is 3. The molecule has 3 atom stereocenters.